The van der Waals surface area contributed by atoms with Crippen LogP contribution in [0.3, 0.4) is 0 Å². The van der Waals surface area contributed by atoms with E-state index in [-0.39, 0.29) is 28.6 Å². The molecule has 1 saturated heterocycles. The van der Waals surface area contributed by atoms with Crippen molar-refractivity contribution in [2.75, 3.05) is 25.6 Å². The van der Waals surface area contributed by atoms with Crippen molar-refractivity contribution in [3.8, 4) is 11.6 Å². The van der Waals surface area contributed by atoms with Crippen LogP contribution in [-0.4, -0.2) is 50.8 Å². The van der Waals surface area contributed by atoms with E-state index in [4.69, 9.17) is 14.2 Å². The number of aryl methyl sites for hydroxylation is 1. The van der Waals surface area contributed by atoms with Gasteiger partial charge >= 0.3 is 6.03 Å². The molecule has 0 spiro atoms. The number of rotatable bonds is 6. The van der Waals surface area contributed by atoms with Crippen molar-refractivity contribution in [1.29, 1.82) is 0 Å². The first-order valence-electron chi connectivity index (χ1n) is 7.94. The minimum absolute atomic E-state index is 0.0873. The minimum Gasteiger partial charge on any atom is -0.484 e. The molecule has 27 heavy (non-hydrogen) atoms. The van der Waals surface area contributed by atoms with Gasteiger partial charge in [0.1, 0.15) is 16.7 Å². The Morgan fingerprint density at radius 3 is 2.67 bits per heavy atom. The Kier molecular flexibility index (Phi) is 5.42. The number of hydrogen-bond acceptors (Lipinski definition) is 8. The van der Waals surface area contributed by atoms with Gasteiger partial charge in [-0.3, -0.25) is 5.32 Å². The number of anilines is 1. The molecule has 0 radical (unpaired) electrons. The van der Waals surface area contributed by atoms with Crippen molar-refractivity contribution in [3.63, 3.8) is 0 Å². The van der Waals surface area contributed by atoms with Crippen LogP contribution in [0.25, 0.3) is 0 Å². The third kappa shape index (κ3) is 4.63. The zero-order chi connectivity index (χ0) is 19.4. The van der Waals surface area contributed by atoms with Crippen LogP contribution < -0.4 is 19.5 Å². The van der Waals surface area contributed by atoms with Gasteiger partial charge in [-0.2, -0.15) is 4.98 Å². The summed E-state index contributed by atoms with van der Waals surface area (Å²) >= 11 is 0. The van der Waals surface area contributed by atoms with E-state index < -0.39 is 16.1 Å². The Morgan fingerprint density at radius 1 is 1.26 bits per heavy atom. The van der Waals surface area contributed by atoms with Gasteiger partial charge in [0.2, 0.25) is 11.8 Å². The summed E-state index contributed by atoms with van der Waals surface area (Å²) in [6.45, 7) is 2.45. The number of urea groups is 1. The molecule has 0 unspecified atom stereocenters. The third-order valence-corrected chi connectivity index (χ3v) is 4.90. The molecule has 1 aliphatic heterocycles. The van der Waals surface area contributed by atoms with E-state index in [9.17, 15) is 13.2 Å². The smallest absolute Gasteiger partial charge is 0.335 e. The van der Waals surface area contributed by atoms with Crippen molar-refractivity contribution in [2.24, 2.45) is 0 Å². The van der Waals surface area contributed by atoms with Gasteiger partial charge in [0.05, 0.1) is 20.3 Å². The summed E-state index contributed by atoms with van der Waals surface area (Å²) in [5.41, 5.74) is 0.543. The Labute approximate surface area is 155 Å². The molecule has 1 aromatic heterocycles. The van der Waals surface area contributed by atoms with Gasteiger partial charge in [-0.1, -0.05) is 12.1 Å². The van der Waals surface area contributed by atoms with Crippen LogP contribution in [0.5, 0.6) is 11.6 Å². The summed E-state index contributed by atoms with van der Waals surface area (Å²) in [6, 6.07) is 6.59. The van der Waals surface area contributed by atoms with Crippen molar-refractivity contribution < 1.29 is 27.4 Å². The highest BCUT2D eigenvalue weighted by molar-refractivity contribution is 7.90. The largest absolute Gasteiger partial charge is 0.484 e. The standard InChI is InChI=1S/C16H18N4O6S/c1-10-7-14(24-2)18-15(17-10)19-16(21)20-27(22,23)13-6-4-3-5-12(13)26-11-8-25-9-11/h3-7,11H,8-9H2,1-2H3,(H2,17,18,19,20,21). The molecule has 11 heteroatoms. The second-order valence-corrected chi connectivity index (χ2v) is 7.31. The number of sulfonamides is 1. The summed E-state index contributed by atoms with van der Waals surface area (Å²) in [7, 11) is -2.76. The molecule has 2 heterocycles. The number of carbonyl (C=O) groups is 1. The summed E-state index contributed by atoms with van der Waals surface area (Å²) in [5, 5.41) is 2.27. The number of amides is 2. The van der Waals surface area contributed by atoms with Crippen LogP contribution in [0.2, 0.25) is 0 Å². The zero-order valence-electron chi connectivity index (χ0n) is 14.6. The number of methoxy groups -OCH3 is 1. The van der Waals surface area contributed by atoms with Crippen LogP contribution in [-0.2, 0) is 14.8 Å². The van der Waals surface area contributed by atoms with Gasteiger partial charge < -0.3 is 14.2 Å². The second kappa shape index (κ2) is 7.76. The van der Waals surface area contributed by atoms with E-state index in [0.29, 0.717) is 18.9 Å². The fourth-order valence-electron chi connectivity index (χ4n) is 2.24. The molecule has 0 aliphatic carbocycles. The zero-order valence-corrected chi connectivity index (χ0v) is 15.4. The van der Waals surface area contributed by atoms with Gasteiger partial charge in [0, 0.05) is 11.8 Å². The first kappa shape index (κ1) is 18.9. The van der Waals surface area contributed by atoms with E-state index in [2.05, 4.69) is 15.3 Å². The fraction of sp³-hybridized carbons (Fsp3) is 0.312. The van der Waals surface area contributed by atoms with Crippen molar-refractivity contribution in [2.45, 2.75) is 17.9 Å². The maximum Gasteiger partial charge on any atom is 0.335 e. The summed E-state index contributed by atoms with van der Waals surface area (Å²) in [6.07, 6.45) is -0.219. The number of hydrogen-bond donors (Lipinski definition) is 2. The molecule has 3 rings (SSSR count). The minimum atomic E-state index is -4.18. The van der Waals surface area contributed by atoms with E-state index in [0.717, 1.165) is 0 Å². The number of nitrogens with zero attached hydrogens (tertiary/aromatic N) is 2. The lowest BCUT2D eigenvalue weighted by molar-refractivity contribution is -0.0807. The fourth-order valence-corrected chi connectivity index (χ4v) is 3.28. The Balaban J connectivity index is 1.74. The lowest BCUT2D eigenvalue weighted by Gasteiger charge is -2.27. The lowest BCUT2D eigenvalue weighted by Crippen LogP contribution is -2.39. The Hall–Kier alpha value is -2.92. The highest BCUT2D eigenvalue weighted by atomic mass is 32.2. The molecule has 10 nitrogen and oxygen atoms in total. The molecule has 2 amide bonds. The number of nitrogens with one attached hydrogen (secondary N) is 2. The van der Waals surface area contributed by atoms with Gasteiger partial charge in [-0.15, -0.1) is 0 Å². The van der Waals surface area contributed by atoms with Gasteiger partial charge in [-0.05, 0) is 19.1 Å². The van der Waals surface area contributed by atoms with E-state index in [1.807, 2.05) is 4.72 Å². The Morgan fingerprint density at radius 2 is 2.00 bits per heavy atom. The monoisotopic (exact) mass is 394 g/mol. The van der Waals surface area contributed by atoms with E-state index >= 15 is 0 Å². The maximum absolute atomic E-state index is 12.6. The van der Waals surface area contributed by atoms with Crippen molar-refractivity contribution in [3.05, 3.63) is 36.0 Å². The van der Waals surface area contributed by atoms with Gasteiger partial charge in [0.15, 0.2) is 0 Å². The number of para-hydroxylation sites is 1. The number of aromatic nitrogens is 2. The molecule has 2 N–H and O–H groups in total. The molecule has 1 aromatic carbocycles. The van der Waals surface area contributed by atoms with Gasteiger partial charge in [0.25, 0.3) is 10.0 Å². The van der Waals surface area contributed by atoms with Crippen molar-refractivity contribution in [1.82, 2.24) is 14.7 Å². The van der Waals surface area contributed by atoms with E-state index in [1.165, 1.54) is 25.3 Å². The van der Waals surface area contributed by atoms with Crippen LogP contribution in [0.15, 0.2) is 35.2 Å². The van der Waals surface area contributed by atoms with Crippen LogP contribution in [0, 0.1) is 6.92 Å². The number of ether oxygens (including phenoxy) is 3. The average Bonchev–Trinajstić information content (AvgIpc) is 2.57. The predicted molar refractivity (Wildman–Crippen MR) is 94.3 cm³/mol. The highest BCUT2D eigenvalue weighted by Gasteiger charge is 2.26. The highest BCUT2D eigenvalue weighted by Crippen LogP contribution is 2.25. The Bertz CT molecular complexity index is 946. The molecule has 0 saturated carbocycles. The topological polar surface area (TPSA) is 129 Å². The first-order valence-corrected chi connectivity index (χ1v) is 9.42. The summed E-state index contributed by atoms with van der Waals surface area (Å²) in [4.78, 5) is 19.9. The molecule has 0 atom stereocenters. The predicted octanol–water partition coefficient (Wildman–Crippen LogP) is 1.08. The second-order valence-electron chi connectivity index (χ2n) is 5.66. The normalized spacial score (nSPS) is 14.1. The molecule has 0 bridgehead atoms. The first-order chi connectivity index (χ1) is 12.9. The SMILES string of the molecule is COc1cc(C)nc(NC(=O)NS(=O)(=O)c2ccccc2OC2COC2)n1. The lowest BCUT2D eigenvalue weighted by atomic mass is 10.3. The van der Waals surface area contributed by atoms with Crippen LogP contribution in [0.4, 0.5) is 10.7 Å². The molecular weight excluding hydrogens is 376 g/mol. The maximum atomic E-state index is 12.6. The molecule has 2 aromatic rings. The molecular formula is C16H18N4O6S. The van der Waals surface area contributed by atoms with E-state index in [1.54, 1.807) is 19.1 Å². The molecule has 144 valence electrons. The average molecular weight is 394 g/mol. The number of benzene rings is 1. The quantitative estimate of drug-likeness (QED) is 0.745. The summed E-state index contributed by atoms with van der Waals surface area (Å²) < 4.78 is 42.7. The van der Waals surface area contributed by atoms with Gasteiger partial charge in [-0.25, -0.2) is 22.9 Å². The molecule has 1 aliphatic rings. The van der Waals surface area contributed by atoms with Crippen LogP contribution >= 0.6 is 0 Å². The number of carbonyl (C=O) groups excluding carboxylic acids is 1. The van der Waals surface area contributed by atoms with Crippen LogP contribution in [0.1, 0.15) is 5.69 Å². The summed E-state index contributed by atoms with van der Waals surface area (Å²) in [5.74, 6) is 0.289. The molecule has 1 fully saturated rings. The third-order valence-electron chi connectivity index (χ3n) is 3.53. The van der Waals surface area contributed by atoms with Crippen molar-refractivity contribution >= 4 is 22.0 Å².